The molecule has 0 aliphatic heterocycles. The number of H-pyrrole nitrogens is 1. The average Bonchev–Trinajstić information content (AvgIpc) is 2.96. The Kier molecular flexibility index (Phi) is 3.74. The van der Waals surface area contributed by atoms with Gasteiger partial charge in [0.05, 0.1) is 6.33 Å². The van der Waals surface area contributed by atoms with E-state index in [0.717, 1.165) is 10.9 Å². The maximum atomic E-state index is 12.1. The lowest BCUT2D eigenvalue weighted by molar-refractivity contribution is 0.0952. The van der Waals surface area contributed by atoms with Crippen molar-refractivity contribution >= 4 is 16.8 Å². The summed E-state index contributed by atoms with van der Waals surface area (Å²) in [6.07, 6.45) is 3.33. The lowest BCUT2D eigenvalue weighted by Crippen LogP contribution is -2.30. The van der Waals surface area contributed by atoms with Crippen LogP contribution in [0.5, 0.6) is 0 Å². The fraction of sp³-hybridized carbons (Fsp3) is 0.188. The van der Waals surface area contributed by atoms with Gasteiger partial charge >= 0.3 is 0 Å². The standard InChI is InChI=1S/C16H16N4O2/c1-11-8-15(21)20(10-19-11)7-6-18-16(22)13-2-3-14-12(9-13)4-5-17-14/h2-5,8-10,17H,6-7H2,1H3,(H,18,22). The molecule has 6 heteroatoms. The zero-order valence-corrected chi connectivity index (χ0v) is 12.2. The third kappa shape index (κ3) is 2.90. The van der Waals surface area contributed by atoms with Crippen LogP contribution in [-0.4, -0.2) is 27.0 Å². The van der Waals surface area contributed by atoms with Crippen LogP contribution in [0.15, 0.2) is 47.7 Å². The summed E-state index contributed by atoms with van der Waals surface area (Å²) in [6, 6.07) is 8.87. The zero-order valence-electron chi connectivity index (χ0n) is 12.2. The smallest absolute Gasteiger partial charge is 0.253 e. The van der Waals surface area contributed by atoms with E-state index in [9.17, 15) is 9.59 Å². The number of fused-ring (bicyclic) bond motifs is 1. The van der Waals surface area contributed by atoms with Gasteiger partial charge in [0.15, 0.2) is 0 Å². The highest BCUT2D eigenvalue weighted by Gasteiger charge is 2.06. The Morgan fingerprint density at radius 2 is 2.18 bits per heavy atom. The second kappa shape index (κ2) is 5.85. The number of aryl methyl sites for hydroxylation is 1. The van der Waals surface area contributed by atoms with E-state index in [0.29, 0.717) is 24.3 Å². The predicted octanol–water partition coefficient (Wildman–Crippen LogP) is 1.46. The number of aromatic amines is 1. The van der Waals surface area contributed by atoms with Crippen molar-refractivity contribution in [3.8, 4) is 0 Å². The third-order valence-corrected chi connectivity index (χ3v) is 3.47. The highest BCUT2D eigenvalue weighted by molar-refractivity contribution is 5.98. The quantitative estimate of drug-likeness (QED) is 0.765. The summed E-state index contributed by atoms with van der Waals surface area (Å²) < 4.78 is 1.47. The number of nitrogens with zero attached hydrogens (tertiary/aromatic N) is 2. The predicted molar refractivity (Wildman–Crippen MR) is 83.9 cm³/mol. The first-order chi connectivity index (χ1) is 10.6. The van der Waals surface area contributed by atoms with Crippen LogP contribution in [-0.2, 0) is 6.54 Å². The van der Waals surface area contributed by atoms with Crippen LogP contribution in [0, 0.1) is 6.92 Å². The first kappa shape index (κ1) is 14.1. The molecule has 0 saturated heterocycles. The number of benzene rings is 1. The van der Waals surface area contributed by atoms with Gasteiger partial charge in [-0.3, -0.25) is 14.2 Å². The van der Waals surface area contributed by atoms with Gasteiger partial charge in [0.25, 0.3) is 11.5 Å². The van der Waals surface area contributed by atoms with E-state index in [-0.39, 0.29) is 11.5 Å². The Bertz CT molecular complexity index is 879. The maximum Gasteiger partial charge on any atom is 0.253 e. The van der Waals surface area contributed by atoms with Crippen molar-refractivity contribution < 1.29 is 4.79 Å². The molecule has 0 fully saturated rings. The van der Waals surface area contributed by atoms with E-state index in [1.807, 2.05) is 24.4 Å². The summed E-state index contributed by atoms with van der Waals surface area (Å²) in [5, 5.41) is 3.80. The minimum absolute atomic E-state index is 0.115. The number of aromatic nitrogens is 3. The van der Waals surface area contributed by atoms with Gasteiger partial charge in [-0.25, -0.2) is 4.98 Å². The molecule has 0 saturated carbocycles. The molecule has 0 bridgehead atoms. The molecule has 6 nitrogen and oxygen atoms in total. The SMILES string of the molecule is Cc1cc(=O)n(CCNC(=O)c2ccc3[nH]ccc3c2)cn1. The van der Waals surface area contributed by atoms with Crippen molar-refractivity contribution in [3.63, 3.8) is 0 Å². The lowest BCUT2D eigenvalue weighted by Gasteiger charge is -2.07. The monoisotopic (exact) mass is 296 g/mol. The second-order valence-electron chi connectivity index (χ2n) is 5.10. The summed E-state index contributed by atoms with van der Waals surface area (Å²) in [5.74, 6) is -0.156. The topological polar surface area (TPSA) is 79.8 Å². The van der Waals surface area contributed by atoms with E-state index >= 15 is 0 Å². The van der Waals surface area contributed by atoms with Gasteiger partial charge in [-0.05, 0) is 31.2 Å². The summed E-state index contributed by atoms with van der Waals surface area (Å²) in [4.78, 5) is 31.0. The van der Waals surface area contributed by atoms with Gasteiger partial charge < -0.3 is 10.3 Å². The average molecular weight is 296 g/mol. The fourth-order valence-electron chi connectivity index (χ4n) is 2.27. The molecule has 0 spiro atoms. The second-order valence-corrected chi connectivity index (χ2v) is 5.10. The molecule has 3 rings (SSSR count). The molecule has 2 N–H and O–H groups in total. The summed E-state index contributed by atoms with van der Waals surface area (Å²) in [7, 11) is 0. The van der Waals surface area contributed by atoms with Crippen LogP contribution in [0.4, 0.5) is 0 Å². The van der Waals surface area contributed by atoms with Crippen LogP contribution in [0.3, 0.4) is 0 Å². The molecule has 1 aromatic carbocycles. The number of rotatable bonds is 4. The van der Waals surface area contributed by atoms with Crippen molar-refractivity contribution in [2.45, 2.75) is 13.5 Å². The first-order valence-corrected chi connectivity index (χ1v) is 7.02. The molecule has 1 amide bonds. The van der Waals surface area contributed by atoms with Crippen LogP contribution < -0.4 is 10.9 Å². The highest BCUT2D eigenvalue weighted by Crippen LogP contribution is 2.14. The van der Waals surface area contributed by atoms with Gasteiger partial charge in [-0.1, -0.05) is 0 Å². The normalized spacial score (nSPS) is 10.8. The van der Waals surface area contributed by atoms with Crippen LogP contribution in [0.25, 0.3) is 10.9 Å². The van der Waals surface area contributed by atoms with Crippen LogP contribution in [0.2, 0.25) is 0 Å². The summed E-state index contributed by atoms with van der Waals surface area (Å²) in [6.45, 7) is 2.53. The molecule has 3 aromatic rings. The van der Waals surface area contributed by atoms with Crippen molar-refractivity contribution in [2.24, 2.45) is 0 Å². The number of amides is 1. The molecule has 2 heterocycles. The number of hydrogen-bond donors (Lipinski definition) is 2. The molecule has 0 atom stereocenters. The minimum atomic E-state index is -0.156. The zero-order chi connectivity index (χ0) is 15.5. The molecule has 0 unspecified atom stereocenters. The maximum absolute atomic E-state index is 12.1. The number of carbonyl (C=O) groups is 1. The number of carbonyl (C=O) groups excluding carboxylic acids is 1. The van der Waals surface area contributed by atoms with Crippen molar-refractivity contribution in [1.82, 2.24) is 19.9 Å². The van der Waals surface area contributed by atoms with Crippen molar-refractivity contribution in [1.29, 1.82) is 0 Å². The van der Waals surface area contributed by atoms with E-state index in [2.05, 4.69) is 15.3 Å². The Balaban J connectivity index is 1.63. The van der Waals surface area contributed by atoms with Gasteiger partial charge in [0.2, 0.25) is 0 Å². The highest BCUT2D eigenvalue weighted by atomic mass is 16.1. The molecule has 0 aliphatic carbocycles. The molecule has 2 aromatic heterocycles. The first-order valence-electron chi connectivity index (χ1n) is 7.02. The Morgan fingerprint density at radius 1 is 1.32 bits per heavy atom. The van der Waals surface area contributed by atoms with E-state index < -0.39 is 0 Å². The molecule has 0 radical (unpaired) electrons. The van der Waals surface area contributed by atoms with Crippen LogP contribution >= 0.6 is 0 Å². The molecule has 22 heavy (non-hydrogen) atoms. The number of hydrogen-bond acceptors (Lipinski definition) is 3. The van der Waals surface area contributed by atoms with Gasteiger partial charge in [-0.2, -0.15) is 0 Å². The summed E-state index contributed by atoms with van der Waals surface area (Å²) >= 11 is 0. The van der Waals surface area contributed by atoms with Crippen molar-refractivity contribution in [2.75, 3.05) is 6.54 Å². The fourth-order valence-corrected chi connectivity index (χ4v) is 2.27. The Hall–Kier alpha value is -2.89. The largest absolute Gasteiger partial charge is 0.361 e. The van der Waals surface area contributed by atoms with Crippen LogP contribution in [0.1, 0.15) is 16.1 Å². The summed E-state index contributed by atoms with van der Waals surface area (Å²) in [5.41, 5.74) is 2.16. The van der Waals surface area contributed by atoms with Gasteiger partial charge in [-0.15, -0.1) is 0 Å². The Morgan fingerprint density at radius 3 is 3.00 bits per heavy atom. The third-order valence-electron chi connectivity index (χ3n) is 3.47. The van der Waals surface area contributed by atoms with E-state index in [4.69, 9.17) is 0 Å². The van der Waals surface area contributed by atoms with E-state index in [1.165, 1.54) is 17.0 Å². The Labute approximate surface area is 126 Å². The minimum Gasteiger partial charge on any atom is -0.361 e. The lowest BCUT2D eigenvalue weighted by atomic mass is 10.1. The van der Waals surface area contributed by atoms with Gasteiger partial charge in [0.1, 0.15) is 0 Å². The molecular formula is C16H16N4O2. The molecule has 112 valence electrons. The van der Waals surface area contributed by atoms with Gasteiger partial charge in [0, 0.05) is 47.5 Å². The molecule has 0 aliphatic rings. The number of nitrogens with one attached hydrogen (secondary N) is 2. The van der Waals surface area contributed by atoms with E-state index in [1.54, 1.807) is 13.0 Å². The van der Waals surface area contributed by atoms with Crippen molar-refractivity contribution in [3.05, 3.63) is 64.5 Å². The molecular weight excluding hydrogens is 280 g/mol.